The maximum atomic E-state index is 5.32. The molecule has 1 aliphatic heterocycles. The third kappa shape index (κ3) is 2.41. The zero-order valence-electron chi connectivity index (χ0n) is 10.4. The van der Waals surface area contributed by atoms with Gasteiger partial charge in [-0.3, -0.25) is 0 Å². The summed E-state index contributed by atoms with van der Waals surface area (Å²) in [5.74, 6) is 1.18. The molecule has 1 aromatic heterocycles. The number of benzene rings is 1. The molecule has 0 fully saturated rings. The summed E-state index contributed by atoms with van der Waals surface area (Å²) in [6.45, 7) is 1.51. The molecule has 3 rings (SSSR count). The average molecular weight is 321 g/mol. The summed E-state index contributed by atoms with van der Waals surface area (Å²) in [6.07, 6.45) is 0. The molecule has 1 aromatic carbocycles. The highest BCUT2D eigenvalue weighted by atomic mass is 79.9. The van der Waals surface area contributed by atoms with Crippen LogP contribution in [0.2, 0.25) is 0 Å². The van der Waals surface area contributed by atoms with Crippen molar-refractivity contribution in [1.29, 1.82) is 0 Å². The highest BCUT2D eigenvalue weighted by Crippen LogP contribution is 2.28. The van der Waals surface area contributed by atoms with E-state index in [-0.39, 0.29) is 0 Å². The molecule has 5 nitrogen and oxygen atoms in total. The molecule has 2 N–H and O–H groups in total. The standard InChI is InChI=1S/C13H13BrN4O/c1-19-12-8-6-15-7-11(8)17-13(18-12)16-10-5-3-2-4-9(10)14/h2-5,15H,6-7H2,1H3,(H,16,17,18). The van der Waals surface area contributed by atoms with E-state index in [0.29, 0.717) is 11.8 Å². The quantitative estimate of drug-likeness (QED) is 0.910. The van der Waals surface area contributed by atoms with Crippen LogP contribution in [0.5, 0.6) is 5.88 Å². The lowest BCUT2D eigenvalue weighted by Crippen LogP contribution is -2.04. The molecule has 0 radical (unpaired) electrons. The SMILES string of the molecule is COc1nc(Nc2ccccc2Br)nc2c1CNC2. The fraction of sp³-hybridized carbons (Fsp3) is 0.231. The Labute approximate surface area is 119 Å². The lowest BCUT2D eigenvalue weighted by atomic mass is 10.2. The summed E-state index contributed by atoms with van der Waals surface area (Å²) in [4.78, 5) is 8.91. The maximum Gasteiger partial charge on any atom is 0.230 e. The zero-order chi connectivity index (χ0) is 13.2. The second-order valence-corrected chi connectivity index (χ2v) is 5.04. The molecule has 0 aliphatic carbocycles. The average Bonchev–Trinajstić information content (AvgIpc) is 2.89. The number of rotatable bonds is 3. The first-order valence-corrected chi connectivity index (χ1v) is 6.73. The molecule has 0 amide bonds. The van der Waals surface area contributed by atoms with E-state index in [2.05, 4.69) is 36.5 Å². The number of nitrogens with one attached hydrogen (secondary N) is 2. The minimum atomic E-state index is 0.547. The Bertz CT molecular complexity index is 618. The van der Waals surface area contributed by atoms with E-state index in [0.717, 1.165) is 34.5 Å². The first-order valence-electron chi connectivity index (χ1n) is 5.94. The summed E-state index contributed by atoms with van der Waals surface area (Å²) in [5.41, 5.74) is 2.96. The van der Waals surface area contributed by atoms with Crippen LogP contribution < -0.4 is 15.4 Å². The molecular formula is C13H13BrN4O. The molecule has 0 bridgehead atoms. The van der Waals surface area contributed by atoms with Crippen molar-refractivity contribution in [2.75, 3.05) is 12.4 Å². The van der Waals surface area contributed by atoms with E-state index in [9.17, 15) is 0 Å². The van der Waals surface area contributed by atoms with Crippen molar-refractivity contribution in [2.45, 2.75) is 13.1 Å². The van der Waals surface area contributed by atoms with Gasteiger partial charge in [0, 0.05) is 17.6 Å². The topological polar surface area (TPSA) is 59.1 Å². The molecule has 2 aromatic rings. The molecule has 19 heavy (non-hydrogen) atoms. The van der Waals surface area contributed by atoms with E-state index < -0.39 is 0 Å². The second kappa shape index (κ2) is 5.14. The van der Waals surface area contributed by atoms with Gasteiger partial charge >= 0.3 is 0 Å². The van der Waals surface area contributed by atoms with Crippen LogP contribution in [0.25, 0.3) is 0 Å². The Morgan fingerprint density at radius 1 is 1.26 bits per heavy atom. The number of halogens is 1. The van der Waals surface area contributed by atoms with Gasteiger partial charge in [-0.05, 0) is 28.1 Å². The number of methoxy groups -OCH3 is 1. The van der Waals surface area contributed by atoms with Gasteiger partial charge in [-0.15, -0.1) is 0 Å². The third-order valence-electron chi connectivity index (χ3n) is 2.96. The minimum Gasteiger partial charge on any atom is -0.481 e. The molecule has 2 heterocycles. The van der Waals surface area contributed by atoms with Crippen LogP contribution in [0.1, 0.15) is 11.3 Å². The van der Waals surface area contributed by atoms with Gasteiger partial charge in [0.1, 0.15) is 0 Å². The number of ether oxygens (including phenoxy) is 1. The Morgan fingerprint density at radius 2 is 2.11 bits per heavy atom. The fourth-order valence-electron chi connectivity index (χ4n) is 2.04. The van der Waals surface area contributed by atoms with Crippen LogP contribution in [0.4, 0.5) is 11.6 Å². The normalized spacial score (nSPS) is 13.2. The van der Waals surface area contributed by atoms with Crippen molar-refractivity contribution < 1.29 is 4.74 Å². The molecule has 0 saturated heterocycles. The number of hydrogen-bond acceptors (Lipinski definition) is 5. The summed E-state index contributed by atoms with van der Waals surface area (Å²) >= 11 is 3.49. The molecular weight excluding hydrogens is 308 g/mol. The van der Waals surface area contributed by atoms with Crippen molar-refractivity contribution in [3.05, 3.63) is 40.0 Å². The molecule has 98 valence electrons. The van der Waals surface area contributed by atoms with E-state index >= 15 is 0 Å². The van der Waals surface area contributed by atoms with E-state index in [1.54, 1.807) is 7.11 Å². The molecule has 0 saturated carbocycles. The van der Waals surface area contributed by atoms with Gasteiger partial charge < -0.3 is 15.4 Å². The Kier molecular flexibility index (Phi) is 3.35. The maximum absolute atomic E-state index is 5.32. The summed E-state index contributed by atoms with van der Waals surface area (Å²) in [5, 5.41) is 6.45. The Balaban J connectivity index is 1.96. The monoisotopic (exact) mass is 320 g/mol. The summed E-state index contributed by atoms with van der Waals surface area (Å²) in [6, 6.07) is 7.85. The van der Waals surface area contributed by atoms with Gasteiger partial charge in [-0.1, -0.05) is 12.1 Å². The molecule has 0 unspecified atom stereocenters. The van der Waals surface area contributed by atoms with E-state index in [4.69, 9.17) is 4.74 Å². The first kappa shape index (κ1) is 12.4. The Hall–Kier alpha value is -1.66. The van der Waals surface area contributed by atoms with Crippen molar-refractivity contribution in [3.8, 4) is 5.88 Å². The van der Waals surface area contributed by atoms with Crippen LogP contribution in [-0.4, -0.2) is 17.1 Å². The number of fused-ring (bicyclic) bond motifs is 1. The van der Waals surface area contributed by atoms with Crippen molar-refractivity contribution in [1.82, 2.24) is 15.3 Å². The van der Waals surface area contributed by atoms with Crippen molar-refractivity contribution >= 4 is 27.6 Å². The van der Waals surface area contributed by atoms with Gasteiger partial charge in [0.2, 0.25) is 11.8 Å². The summed E-state index contributed by atoms with van der Waals surface area (Å²) < 4.78 is 6.29. The lowest BCUT2D eigenvalue weighted by Gasteiger charge is -2.10. The number of para-hydroxylation sites is 1. The van der Waals surface area contributed by atoms with Gasteiger partial charge in [0.25, 0.3) is 0 Å². The van der Waals surface area contributed by atoms with Gasteiger partial charge in [-0.2, -0.15) is 4.98 Å². The van der Waals surface area contributed by atoms with E-state index in [1.165, 1.54) is 0 Å². The van der Waals surface area contributed by atoms with Crippen LogP contribution in [0, 0.1) is 0 Å². The Morgan fingerprint density at radius 3 is 2.89 bits per heavy atom. The van der Waals surface area contributed by atoms with Crippen LogP contribution in [-0.2, 0) is 13.1 Å². The van der Waals surface area contributed by atoms with Crippen LogP contribution >= 0.6 is 15.9 Å². The second-order valence-electron chi connectivity index (χ2n) is 4.19. The molecule has 0 spiro atoms. The van der Waals surface area contributed by atoms with Gasteiger partial charge in [0.05, 0.1) is 24.1 Å². The van der Waals surface area contributed by atoms with Gasteiger partial charge in [0.15, 0.2) is 0 Å². The van der Waals surface area contributed by atoms with Crippen molar-refractivity contribution in [3.63, 3.8) is 0 Å². The molecule has 6 heteroatoms. The highest BCUT2D eigenvalue weighted by molar-refractivity contribution is 9.10. The van der Waals surface area contributed by atoms with Crippen LogP contribution in [0.3, 0.4) is 0 Å². The number of hydrogen-bond donors (Lipinski definition) is 2. The largest absolute Gasteiger partial charge is 0.481 e. The lowest BCUT2D eigenvalue weighted by molar-refractivity contribution is 0.392. The van der Waals surface area contributed by atoms with Gasteiger partial charge in [-0.25, -0.2) is 4.98 Å². The number of nitrogens with zero attached hydrogens (tertiary/aromatic N) is 2. The highest BCUT2D eigenvalue weighted by Gasteiger charge is 2.19. The predicted molar refractivity (Wildman–Crippen MR) is 76.6 cm³/mol. The number of anilines is 2. The third-order valence-corrected chi connectivity index (χ3v) is 3.65. The molecule has 0 atom stereocenters. The van der Waals surface area contributed by atoms with Crippen LogP contribution in [0.15, 0.2) is 28.7 Å². The van der Waals surface area contributed by atoms with Crippen molar-refractivity contribution in [2.24, 2.45) is 0 Å². The predicted octanol–water partition coefficient (Wildman–Crippen LogP) is 2.59. The minimum absolute atomic E-state index is 0.547. The smallest absolute Gasteiger partial charge is 0.230 e. The molecule has 1 aliphatic rings. The van der Waals surface area contributed by atoms with E-state index in [1.807, 2.05) is 24.3 Å². The zero-order valence-corrected chi connectivity index (χ0v) is 12.0. The fourth-order valence-corrected chi connectivity index (χ4v) is 2.43. The number of aromatic nitrogens is 2. The first-order chi connectivity index (χ1) is 9.28. The summed E-state index contributed by atoms with van der Waals surface area (Å²) in [7, 11) is 1.63.